The van der Waals surface area contributed by atoms with Gasteiger partial charge >= 0.3 is 0 Å². The topological polar surface area (TPSA) is 9.86 Å². The second-order valence-corrected chi connectivity index (χ2v) is 7.40. The molecule has 1 heterocycles. The maximum absolute atomic E-state index is 3.52. The molecule has 0 bridgehead atoms. The maximum atomic E-state index is 3.52. The van der Waals surface area contributed by atoms with E-state index in [1.807, 2.05) is 0 Å². The van der Waals surface area contributed by atoms with Crippen LogP contribution in [0.3, 0.4) is 0 Å². The molecule has 5 rings (SSSR count). The second-order valence-electron chi connectivity index (χ2n) is 7.40. The van der Waals surface area contributed by atoms with E-state index in [2.05, 4.69) is 103 Å². The standard InChI is InChI=1S/C23H20N2.Ir/c1-23(2)19-9-5-4-8-17(19)18-13-12-16(14-20(18)23)25-15-24(3)21-10-6-7-11-22(21)25;/h4-11,13-15H,1-3H3;. The summed E-state index contributed by atoms with van der Waals surface area (Å²) in [6.45, 7) is 4.63. The minimum Gasteiger partial charge on any atom is -0.248 e. The third-order valence-corrected chi connectivity index (χ3v) is 5.57. The third-order valence-electron chi connectivity index (χ3n) is 5.57. The molecule has 0 spiro atoms. The van der Waals surface area contributed by atoms with E-state index in [1.54, 1.807) is 0 Å². The Hall–Kier alpha value is -2.22. The summed E-state index contributed by atoms with van der Waals surface area (Å²) in [4.78, 5) is 0. The van der Waals surface area contributed by atoms with Crippen LogP contribution in [0.25, 0.3) is 27.8 Å². The van der Waals surface area contributed by atoms with Gasteiger partial charge in [0.05, 0.1) is 0 Å². The first kappa shape index (κ1) is 17.2. The molecule has 1 radical (unpaired) electrons. The number of imidazole rings is 1. The molecule has 26 heavy (non-hydrogen) atoms. The SMILES string of the molecule is Cn1[cH+]n(-c2[c-]cc3c(c2)C(C)(C)c2ccccc2-3)c2ccccc21.[Ir]. The summed E-state index contributed by atoms with van der Waals surface area (Å²) in [6, 6.07) is 25.2. The normalized spacial score (nSPS) is 14.0. The average molecular weight is 517 g/mol. The van der Waals surface area contributed by atoms with Crippen molar-refractivity contribution in [3.05, 3.63) is 84.2 Å². The fourth-order valence-corrected chi connectivity index (χ4v) is 4.22. The Morgan fingerprint density at radius 1 is 0.885 bits per heavy atom. The van der Waals surface area contributed by atoms with Gasteiger partial charge in [0.2, 0.25) is 0 Å². The summed E-state index contributed by atoms with van der Waals surface area (Å²) in [6.07, 6.45) is 2.14. The van der Waals surface area contributed by atoms with Gasteiger partial charge in [-0.15, -0.1) is 17.2 Å². The summed E-state index contributed by atoms with van der Waals surface area (Å²) in [5.41, 5.74) is 8.96. The second kappa shape index (κ2) is 5.90. The summed E-state index contributed by atoms with van der Waals surface area (Å²) >= 11 is 0. The number of fused-ring (bicyclic) bond motifs is 4. The van der Waals surface area contributed by atoms with E-state index in [1.165, 1.54) is 33.3 Å². The summed E-state index contributed by atoms with van der Waals surface area (Å²) in [5.74, 6) is 0. The molecule has 3 aromatic carbocycles. The van der Waals surface area contributed by atoms with Crippen molar-refractivity contribution in [1.29, 1.82) is 0 Å². The number of para-hydroxylation sites is 2. The van der Waals surface area contributed by atoms with Crippen molar-refractivity contribution in [3.63, 3.8) is 0 Å². The van der Waals surface area contributed by atoms with Crippen molar-refractivity contribution in [2.45, 2.75) is 19.3 Å². The van der Waals surface area contributed by atoms with Crippen LogP contribution in [0, 0.1) is 6.07 Å². The van der Waals surface area contributed by atoms with Crippen LogP contribution in [0.4, 0.5) is 0 Å². The van der Waals surface area contributed by atoms with E-state index in [0.717, 1.165) is 5.69 Å². The van der Waals surface area contributed by atoms with Crippen molar-refractivity contribution in [2.75, 3.05) is 0 Å². The van der Waals surface area contributed by atoms with Crippen LogP contribution in [-0.4, -0.2) is 9.13 Å². The van der Waals surface area contributed by atoms with Gasteiger partial charge in [-0.1, -0.05) is 49.7 Å². The van der Waals surface area contributed by atoms with Gasteiger partial charge < -0.3 is 0 Å². The Morgan fingerprint density at radius 2 is 1.58 bits per heavy atom. The molecule has 3 heteroatoms. The Morgan fingerprint density at radius 3 is 2.38 bits per heavy atom. The number of hydrogen-bond donors (Lipinski definition) is 0. The minimum atomic E-state index is 0. The number of benzene rings is 3. The van der Waals surface area contributed by atoms with Gasteiger partial charge in [-0.2, -0.15) is 6.07 Å². The van der Waals surface area contributed by atoms with Gasteiger partial charge in [-0.25, -0.2) is 9.13 Å². The number of rotatable bonds is 1. The van der Waals surface area contributed by atoms with E-state index in [-0.39, 0.29) is 25.5 Å². The van der Waals surface area contributed by atoms with Gasteiger partial charge in [-0.05, 0) is 23.1 Å². The van der Waals surface area contributed by atoms with Crippen molar-refractivity contribution < 1.29 is 20.1 Å². The van der Waals surface area contributed by atoms with Crippen molar-refractivity contribution in [2.24, 2.45) is 7.05 Å². The first-order valence-electron chi connectivity index (χ1n) is 8.69. The predicted octanol–water partition coefficient (Wildman–Crippen LogP) is 5.35. The molecule has 0 saturated heterocycles. The maximum Gasteiger partial charge on any atom is 0.188 e. The molecule has 131 valence electrons. The van der Waals surface area contributed by atoms with Crippen LogP contribution in [0.5, 0.6) is 0 Å². The zero-order valence-electron chi connectivity index (χ0n) is 15.1. The van der Waals surface area contributed by atoms with E-state index in [0.29, 0.717) is 0 Å². The van der Waals surface area contributed by atoms with E-state index in [4.69, 9.17) is 0 Å². The molecule has 0 unspecified atom stereocenters. The number of aryl methyl sites for hydroxylation is 1. The number of aromatic nitrogens is 2. The Labute approximate surface area is 167 Å². The Balaban J connectivity index is 0.00000168. The van der Waals surface area contributed by atoms with Crippen molar-refractivity contribution >= 4 is 11.0 Å². The number of hydrogen-bond acceptors (Lipinski definition) is 0. The van der Waals surface area contributed by atoms with Crippen LogP contribution < -0.4 is 0 Å². The summed E-state index contributed by atoms with van der Waals surface area (Å²) in [5, 5.41) is 0. The fourth-order valence-electron chi connectivity index (χ4n) is 4.22. The molecule has 0 amide bonds. The van der Waals surface area contributed by atoms with E-state index in [9.17, 15) is 0 Å². The van der Waals surface area contributed by atoms with Crippen LogP contribution in [0.1, 0.15) is 25.0 Å². The largest absolute Gasteiger partial charge is 0.248 e. The van der Waals surface area contributed by atoms with Gasteiger partial charge in [0.25, 0.3) is 0 Å². The fraction of sp³-hybridized carbons (Fsp3) is 0.174. The Bertz CT molecular complexity index is 1140. The van der Waals surface area contributed by atoms with E-state index >= 15 is 0 Å². The Kier molecular flexibility index (Phi) is 3.91. The molecule has 2 nitrogen and oxygen atoms in total. The van der Waals surface area contributed by atoms with Gasteiger partial charge in [-0.3, -0.25) is 0 Å². The monoisotopic (exact) mass is 517 g/mol. The molecule has 0 saturated carbocycles. The minimum absolute atomic E-state index is 0. The molecule has 1 aliphatic rings. The molecule has 1 aliphatic carbocycles. The predicted molar refractivity (Wildman–Crippen MR) is 103 cm³/mol. The van der Waals surface area contributed by atoms with Crippen LogP contribution in [0.15, 0.2) is 67.0 Å². The van der Waals surface area contributed by atoms with Gasteiger partial charge in [0.15, 0.2) is 17.4 Å². The molecule has 0 aliphatic heterocycles. The van der Waals surface area contributed by atoms with Crippen LogP contribution in [-0.2, 0) is 32.6 Å². The quantitative estimate of drug-likeness (QED) is 0.302. The first-order valence-corrected chi connectivity index (χ1v) is 8.69. The van der Waals surface area contributed by atoms with Crippen LogP contribution >= 0.6 is 0 Å². The smallest absolute Gasteiger partial charge is 0.188 e. The van der Waals surface area contributed by atoms with Crippen molar-refractivity contribution in [3.8, 4) is 16.8 Å². The number of nitrogens with zero attached hydrogens (tertiary/aromatic N) is 2. The molecule has 1 aromatic heterocycles. The first-order chi connectivity index (χ1) is 12.1. The van der Waals surface area contributed by atoms with Crippen molar-refractivity contribution in [1.82, 2.24) is 9.13 Å². The van der Waals surface area contributed by atoms with E-state index < -0.39 is 0 Å². The zero-order valence-corrected chi connectivity index (χ0v) is 17.5. The molecular formula is C23H20IrN2. The molecular weight excluding hydrogens is 496 g/mol. The van der Waals surface area contributed by atoms with Gasteiger partial charge in [0, 0.05) is 45.0 Å². The summed E-state index contributed by atoms with van der Waals surface area (Å²) < 4.78 is 4.39. The summed E-state index contributed by atoms with van der Waals surface area (Å²) in [7, 11) is 2.09. The molecule has 0 fully saturated rings. The molecule has 4 aromatic rings. The third kappa shape index (κ3) is 2.24. The van der Waals surface area contributed by atoms with Crippen LogP contribution in [0.2, 0.25) is 0 Å². The molecule has 0 N–H and O–H groups in total. The molecule has 0 atom stereocenters. The zero-order chi connectivity index (χ0) is 17.2. The average Bonchev–Trinajstić information content (AvgIpc) is 3.09. The van der Waals surface area contributed by atoms with Gasteiger partial charge in [0.1, 0.15) is 0 Å².